The summed E-state index contributed by atoms with van der Waals surface area (Å²) in [4.78, 5) is 26.3. The molecule has 2 N–H and O–H groups in total. The largest absolute Gasteiger partial charge is 0.366 e. The van der Waals surface area contributed by atoms with Crippen molar-refractivity contribution >= 4 is 11.8 Å². The third-order valence-corrected chi connectivity index (χ3v) is 4.46. The Bertz CT molecular complexity index is 362. The molecule has 2 saturated heterocycles. The lowest BCUT2D eigenvalue weighted by Crippen LogP contribution is -2.52. The van der Waals surface area contributed by atoms with E-state index in [1.165, 1.54) is 0 Å². The number of carbonyl (C=O) groups excluding carboxylic acids is 2. The van der Waals surface area contributed by atoms with Crippen LogP contribution in [0.1, 0.15) is 39.0 Å². The van der Waals surface area contributed by atoms with Crippen molar-refractivity contribution in [2.24, 2.45) is 5.92 Å². The van der Waals surface area contributed by atoms with Crippen LogP contribution in [0.5, 0.6) is 0 Å². The summed E-state index contributed by atoms with van der Waals surface area (Å²) in [5.74, 6) is 0.267. The number of nitrogens with one attached hydrogen (secondary N) is 2. The summed E-state index contributed by atoms with van der Waals surface area (Å²) >= 11 is 0. The van der Waals surface area contributed by atoms with E-state index in [9.17, 15) is 9.59 Å². The van der Waals surface area contributed by atoms with Gasteiger partial charge in [-0.15, -0.1) is 0 Å². The van der Waals surface area contributed by atoms with Gasteiger partial charge in [0.15, 0.2) is 0 Å². The molecule has 0 spiro atoms. The first-order valence-corrected chi connectivity index (χ1v) is 8.61. The van der Waals surface area contributed by atoms with Crippen LogP contribution in [-0.4, -0.2) is 62.1 Å². The standard InChI is InChI=1S/C16H29N3O3/c1-2-3-4-7-18-15(20)13-5-9-19(10-6-13)16(21)14-12-17-8-11-22-14/h13-14,17H,2-12H2,1H3,(H,18,20). The lowest BCUT2D eigenvalue weighted by Gasteiger charge is -2.34. The fourth-order valence-electron chi connectivity index (χ4n) is 3.02. The van der Waals surface area contributed by atoms with Gasteiger partial charge in [0.25, 0.3) is 5.91 Å². The summed E-state index contributed by atoms with van der Waals surface area (Å²) < 4.78 is 5.51. The van der Waals surface area contributed by atoms with Crippen LogP contribution in [-0.2, 0) is 14.3 Å². The zero-order valence-corrected chi connectivity index (χ0v) is 13.6. The van der Waals surface area contributed by atoms with Gasteiger partial charge in [0.05, 0.1) is 6.61 Å². The van der Waals surface area contributed by atoms with Crippen molar-refractivity contribution in [3.8, 4) is 0 Å². The van der Waals surface area contributed by atoms with Crippen molar-refractivity contribution in [1.29, 1.82) is 0 Å². The first-order valence-electron chi connectivity index (χ1n) is 8.61. The maximum absolute atomic E-state index is 12.3. The molecule has 6 nitrogen and oxygen atoms in total. The van der Waals surface area contributed by atoms with E-state index in [4.69, 9.17) is 4.74 Å². The van der Waals surface area contributed by atoms with Crippen LogP contribution in [0.25, 0.3) is 0 Å². The molecule has 2 amide bonds. The minimum atomic E-state index is -0.354. The molecule has 2 fully saturated rings. The lowest BCUT2D eigenvalue weighted by atomic mass is 9.95. The molecule has 0 aromatic rings. The highest BCUT2D eigenvalue weighted by molar-refractivity contribution is 5.82. The summed E-state index contributed by atoms with van der Waals surface area (Å²) in [6.07, 6.45) is 4.52. The van der Waals surface area contributed by atoms with Crippen molar-refractivity contribution in [3.05, 3.63) is 0 Å². The van der Waals surface area contributed by atoms with Crippen LogP contribution < -0.4 is 10.6 Å². The predicted octanol–water partition coefficient (Wildman–Crippen LogP) is 0.520. The Morgan fingerprint density at radius 2 is 2.05 bits per heavy atom. The van der Waals surface area contributed by atoms with Gasteiger partial charge in [-0.05, 0) is 19.3 Å². The number of hydrogen-bond acceptors (Lipinski definition) is 4. The number of ether oxygens (including phenoxy) is 1. The zero-order valence-electron chi connectivity index (χ0n) is 13.6. The van der Waals surface area contributed by atoms with Crippen LogP contribution in [0.4, 0.5) is 0 Å². The molecule has 126 valence electrons. The third-order valence-electron chi connectivity index (χ3n) is 4.46. The maximum atomic E-state index is 12.3. The molecule has 2 aliphatic rings. The molecular weight excluding hydrogens is 282 g/mol. The Balaban J connectivity index is 1.68. The van der Waals surface area contributed by atoms with Gasteiger partial charge in [-0.2, -0.15) is 0 Å². The highest BCUT2D eigenvalue weighted by Gasteiger charge is 2.31. The molecule has 2 aliphatic heterocycles. The minimum Gasteiger partial charge on any atom is -0.366 e. The summed E-state index contributed by atoms with van der Waals surface area (Å²) in [6, 6.07) is 0. The molecule has 0 aliphatic carbocycles. The number of rotatable bonds is 6. The summed E-state index contributed by atoms with van der Waals surface area (Å²) in [6.45, 7) is 6.23. The average Bonchev–Trinajstić information content (AvgIpc) is 2.59. The van der Waals surface area contributed by atoms with E-state index < -0.39 is 0 Å². The van der Waals surface area contributed by atoms with Crippen molar-refractivity contribution in [3.63, 3.8) is 0 Å². The van der Waals surface area contributed by atoms with Crippen LogP contribution in [0, 0.1) is 5.92 Å². The summed E-state index contributed by atoms with van der Waals surface area (Å²) in [5, 5.41) is 6.20. The van der Waals surface area contributed by atoms with Gasteiger partial charge in [0.1, 0.15) is 6.10 Å². The molecule has 0 radical (unpaired) electrons. The van der Waals surface area contributed by atoms with E-state index in [0.717, 1.165) is 45.2 Å². The SMILES string of the molecule is CCCCCNC(=O)C1CCN(C(=O)C2CNCCO2)CC1. The van der Waals surface area contributed by atoms with Crippen LogP contribution >= 0.6 is 0 Å². The fourth-order valence-corrected chi connectivity index (χ4v) is 3.02. The topological polar surface area (TPSA) is 70.7 Å². The third kappa shape index (κ3) is 4.95. The van der Waals surface area contributed by atoms with E-state index >= 15 is 0 Å². The molecule has 2 rings (SSSR count). The van der Waals surface area contributed by atoms with E-state index in [0.29, 0.717) is 26.2 Å². The van der Waals surface area contributed by atoms with E-state index in [1.807, 2.05) is 4.90 Å². The van der Waals surface area contributed by atoms with Crippen molar-refractivity contribution in [1.82, 2.24) is 15.5 Å². The second-order valence-corrected chi connectivity index (χ2v) is 6.16. The van der Waals surface area contributed by atoms with Gasteiger partial charge in [-0.25, -0.2) is 0 Å². The Hall–Kier alpha value is -1.14. The highest BCUT2D eigenvalue weighted by Crippen LogP contribution is 2.18. The average molecular weight is 311 g/mol. The number of nitrogens with zero attached hydrogens (tertiary/aromatic N) is 1. The van der Waals surface area contributed by atoms with Gasteiger partial charge >= 0.3 is 0 Å². The van der Waals surface area contributed by atoms with Gasteiger partial charge in [0, 0.05) is 38.6 Å². The summed E-state index contributed by atoms with van der Waals surface area (Å²) in [5.41, 5.74) is 0. The van der Waals surface area contributed by atoms with E-state index in [1.54, 1.807) is 0 Å². The van der Waals surface area contributed by atoms with Gasteiger partial charge < -0.3 is 20.3 Å². The first kappa shape index (κ1) is 17.2. The molecule has 6 heteroatoms. The molecule has 0 bridgehead atoms. The Labute approximate surface area is 132 Å². The molecule has 1 unspecified atom stereocenters. The van der Waals surface area contributed by atoms with Gasteiger partial charge in [0.2, 0.25) is 5.91 Å². The lowest BCUT2D eigenvalue weighted by molar-refractivity contribution is -0.147. The molecule has 1 atom stereocenters. The first-order chi connectivity index (χ1) is 10.7. The Morgan fingerprint density at radius 1 is 1.27 bits per heavy atom. The monoisotopic (exact) mass is 311 g/mol. The van der Waals surface area contributed by atoms with Crippen molar-refractivity contribution < 1.29 is 14.3 Å². The van der Waals surface area contributed by atoms with E-state index in [-0.39, 0.29) is 23.8 Å². The second kappa shape index (κ2) is 9.10. The van der Waals surface area contributed by atoms with E-state index in [2.05, 4.69) is 17.6 Å². The van der Waals surface area contributed by atoms with Crippen LogP contribution in [0.2, 0.25) is 0 Å². The molecule has 0 aromatic heterocycles. The van der Waals surface area contributed by atoms with Crippen LogP contribution in [0.3, 0.4) is 0 Å². The maximum Gasteiger partial charge on any atom is 0.253 e. The molecule has 2 heterocycles. The zero-order chi connectivity index (χ0) is 15.8. The number of likely N-dealkylation sites (tertiary alicyclic amines) is 1. The van der Waals surface area contributed by atoms with Gasteiger partial charge in [-0.3, -0.25) is 9.59 Å². The van der Waals surface area contributed by atoms with Gasteiger partial charge in [-0.1, -0.05) is 19.8 Å². The number of unbranched alkanes of at least 4 members (excludes halogenated alkanes) is 2. The fraction of sp³-hybridized carbons (Fsp3) is 0.875. The second-order valence-electron chi connectivity index (χ2n) is 6.16. The smallest absolute Gasteiger partial charge is 0.253 e. The number of morpholine rings is 1. The highest BCUT2D eigenvalue weighted by atomic mass is 16.5. The molecule has 22 heavy (non-hydrogen) atoms. The number of piperidine rings is 1. The minimum absolute atomic E-state index is 0.0519. The quantitative estimate of drug-likeness (QED) is 0.702. The molecule has 0 saturated carbocycles. The molecule has 0 aromatic carbocycles. The summed E-state index contributed by atoms with van der Waals surface area (Å²) in [7, 11) is 0. The van der Waals surface area contributed by atoms with Crippen molar-refractivity contribution in [2.45, 2.75) is 45.1 Å². The predicted molar refractivity (Wildman–Crippen MR) is 84.4 cm³/mol. The number of carbonyl (C=O) groups is 2. The number of amides is 2. The van der Waals surface area contributed by atoms with Crippen molar-refractivity contribution in [2.75, 3.05) is 39.3 Å². The Kier molecular flexibility index (Phi) is 7.12. The molecular formula is C16H29N3O3. The number of hydrogen-bond donors (Lipinski definition) is 2. The normalized spacial score (nSPS) is 23.3. The van der Waals surface area contributed by atoms with Crippen LogP contribution in [0.15, 0.2) is 0 Å². The Morgan fingerprint density at radius 3 is 2.68 bits per heavy atom.